The normalized spacial score (nSPS) is 11.1. The SMILES string of the molecule is C=Cn1c(=O)cc(C)c2cc3c(C)cc(=O)[nH]c3c(O)c21. The van der Waals surface area contributed by atoms with Crippen LogP contribution in [0.2, 0.25) is 0 Å². The fraction of sp³-hybridized carbons (Fsp3) is 0.125. The van der Waals surface area contributed by atoms with Gasteiger partial charge in [-0.05, 0) is 31.0 Å². The second-order valence-electron chi connectivity index (χ2n) is 5.08. The van der Waals surface area contributed by atoms with E-state index in [1.165, 1.54) is 22.9 Å². The molecule has 0 amide bonds. The molecule has 0 bridgehead atoms. The van der Waals surface area contributed by atoms with Crippen molar-refractivity contribution in [1.29, 1.82) is 0 Å². The molecule has 5 heteroatoms. The van der Waals surface area contributed by atoms with Crippen LogP contribution in [0, 0.1) is 13.8 Å². The van der Waals surface area contributed by atoms with Crippen LogP contribution < -0.4 is 11.1 Å². The van der Waals surface area contributed by atoms with Crippen LogP contribution in [0.4, 0.5) is 0 Å². The molecule has 0 fully saturated rings. The molecule has 0 spiro atoms. The molecule has 106 valence electrons. The predicted molar refractivity (Wildman–Crippen MR) is 83.9 cm³/mol. The minimum Gasteiger partial charge on any atom is -0.504 e. The zero-order chi connectivity index (χ0) is 15.3. The van der Waals surface area contributed by atoms with E-state index < -0.39 is 0 Å². The zero-order valence-electron chi connectivity index (χ0n) is 11.7. The third-order valence-corrected chi connectivity index (χ3v) is 3.72. The lowest BCUT2D eigenvalue weighted by molar-refractivity contribution is 0.484. The average molecular weight is 282 g/mol. The number of phenolic OH excluding ortho intramolecular Hbond substituents is 1. The predicted octanol–water partition coefficient (Wildman–Crippen LogP) is 2.27. The van der Waals surface area contributed by atoms with Gasteiger partial charge >= 0.3 is 0 Å². The van der Waals surface area contributed by atoms with Gasteiger partial charge in [0.2, 0.25) is 5.56 Å². The van der Waals surface area contributed by atoms with E-state index >= 15 is 0 Å². The number of aromatic nitrogens is 2. The summed E-state index contributed by atoms with van der Waals surface area (Å²) in [6.45, 7) is 7.22. The van der Waals surface area contributed by atoms with E-state index in [9.17, 15) is 14.7 Å². The quantitative estimate of drug-likeness (QED) is 0.672. The Labute approximate surface area is 119 Å². The van der Waals surface area contributed by atoms with Gasteiger partial charge in [0.25, 0.3) is 5.56 Å². The van der Waals surface area contributed by atoms with Gasteiger partial charge in [0.05, 0.1) is 5.52 Å². The van der Waals surface area contributed by atoms with Gasteiger partial charge in [0.15, 0.2) is 5.75 Å². The summed E-state index contributed by atoms with van der Waals surface area (Å²) < 4.78 is 1.28. The topological polar surface area (TPSA) is 75.1 Å². The smallest absolute Gasteiger partial charge is 0.255 e. The molecule has 0 unspecified atom stereocenters. The monoisotopic (exact) mass is 282 g/mol. The Bertz CT molecular complexity index is 1030. The van der Waals surface area contributed by atoms with Gasteiger partial charge in [-0.1, -0.05) is 6.58 Å². The number of pyridine rings is 2. The molecule has 0 aliphatic heterocycles. The molecule has 0 aliphatic carbocycles. The van der Waals surface area contributed by atoms with Crippen molar-refractivity contribution in [3.63, 3.8) is 0 Å². The number of aromatic hydroxyl groups is 1. The minimum atomic E-state index is -0.296. The Hall–Kier alpha value is -2.82. The van der Waals surface area contributed by atoms with Gasteiger partial charge in [-0.25, -0.2) is 0 Å². The number of nitrogens with zero attached hydrogens (tertiary/aromatic N) is 1. The fourth-order valence-corrected chi connectivity index (χ4v) is 2.70. The summed E-state index contributed by atoms with van der Waals surface area (Å²) >= 11 is 0. The van der Waals surface area contributed by atoms with Crippen LogP contribution in [0.15, 0.2) is 34.4 Å². The van der Waals surface area contributed by atoms with Gasteiger partial charge in [-0.3, -0.25) is 14.2 Å². The van der Waals surface area contributed by atoms with Crippen molar-refractivity contribution in [2.45, 2.75) is 13.8 Å². The first kappa shape index (κ1) is 13.2. The van der Waals surface area contributed by atoms with Crippen LogP contribution in [0.3, 0.4) is 0 Å². The van der Waals surface area contributed by atoms with Crippen LogP contribution in [-0.2, 0) is 0 Å². The van der Waals surface area contributed by atoms with Gasteiger partial charge in [0.1, 0.15) is 5.52 Å². The molecule has 3 aromatic rings. The number of H-pyrrole nitrogens is 1. The highest BCUT2D eigenvalue weighted by Gasteiger charge is 2.14. The number of aryl methyl sites for hydroxylation is 2. The molecule has 3 rings (SSSR count). The first-order valence-electron chi connectivity index (χ1n) is 6.48. The summed E-state index contributed by atoms with van der Waals surface area (Å²) in [6.07, 6.45) is 1.35. The number of hydrogen-bond donors (Lipinski definition) is 2. The largest absolute Gasteiger partial charge is 0.504 e. The maximum Gasteiger partial charge on any atom is 0.255 e. The van der Waals surface area contributed by atoms with Crippen molar-refractivity contribution >= 4 is 28.0 Å². The molecule has 5 nitrogen and oxygen atoms in total. The first-order chi connectivity index (χ1) is 9.93. The molecular weight excluding hydrogens is 268 g/mol. The molecule has 21 heavy (non-hydrogen) atoms. The van der Waals surface area contributed by atoms with Crippen molar-refractivity contribution in [3.8, 4) is 5.75 Å². The highest BCUT2D eigenvalue weighted by molar-refractivity contribution is 6.04. The van der Waals surface area contributed by atoms with Crippen molar-refractivity contribution in [1.82, 2.24) is 9.55 Å². The third kappa shape index (κ3) is 1.78. The summed E-state index contributed by atoms with van der Waals surface area (Å²) in [5.41, 5.74) is 1.63. The number of aromatic amines is 1. The molecule has 1 aromatic carbocycles. The second-order valence-corrected chi connectivity index (χ2v) is 5.08. The van der Waals surface area contributed by atoms with E-state index in [1.54, 1.807) is 0 Å². The first-order valence-corrected chi connectivity index (χ1v) is 6.48. The van der Waals surface area contributed by atoms with Crippen molar-refractivity contribution in [2.24, 2.45) is 0 Å². The number of fused-ring (bicyclic) bond motifs is 2. The zero-order valence-corrected chi connectivity index (χ0v) is 11.7. The Morgan fingerprint density at radius 2 is 1.81 bits per heavy atom. The fourth-order valence-electron chi connectivity index (χ4n) is 2.70. The van der Waals surface area contributed by atoms with Crippen LogP contribution in [0.1, 0.15) is 11.1 Å². The van der Waals surface area contributed by atoms with Gasteiger partial charge < -0.3 is 10.1 Å². The lowest BCUT2D eigenvalue weighted by atomic mass is 10.0. The number of benzene rings is 1. The van der Waals surface area contributed by atoms with E-state index in [0.717, 1.165) is 21.9 Å². The van der Waals surface area contributed by atoms with Crippen LogP contribution in [-0.4, -0.2) is 14.7 Å². The Morgan fingerprint density at radius 1 is 1.14 bits per heavy atom. The maximum atomic E-state index is 12.0. The molecule has 0 atom stereocenters. The van der Waals surface area contributed by atoms with Crippen LogP contribution in [0.5, 0.6) is 5.75 Å². The maximum absolute atomic E-state index is 12.0. The van der Waals surface area contributed by atoms with Crippen molar-refractivity contribution in [3.05, 3.63) is 56.6 Å². The minimum absolute atomic E-state index is 0.121. The standard InChI is InChI=1S/C16H14N2O3/c1-4-18-13(20)6-9(3)11-7-10-8(2)5-12(19)17-14(10)16(21)15(11)18/h4-7,21H,1H2,2-3H3,(H,17,19). The van der Waals surface area contributed by atoms with E-state index in [0.29, 0.717) is 11.0 Å². The van der Waals surface area contributed by atoms with Crippen LogP contribution >= 0.6 is 0 Å². The molecule has 2 heterocycles. The van der Waals surface area contributed by atoms with Gasteiger partial charge in [0, 0.05) is 29.1 Å². The second kappa shape index (κ2) is 4.34. The molecule has 2 aromatic heterocycles. The summed E-state index contributed by atoms with van der Waals surface area (Å²) in [7, 11) is 0. The number of nitrogens with one attached hydrogen (secondary N) is 1. The molecule has 0 saturated heterocycles. The van der Waals surface area contributed by atoms with E-state index in [1.807, 2.05) is 19.9 Å². The van der Waals surface area contributed by atoms with Crippen molar-refractivity contribution < 1.29 is 5.11 Å². The molecule has 2 N–H and O–H groups in total. The number of phenols is 1. The highest BCUT2D eigenvalue weighted by atomic mass is 16.3. The van der Waals surface area contributed by atoms with Gasteiger partial charge in [-0.15, -0.1) is 0 Å². The van der Waals surface area contributed by atoms with Gasteiger partial charge in [-0.2, -0.15) is 0 Å². The van der Waals surface area contributed by atoms with Crippen molar-refractivity contribution in [2.75, 3.05) is 0 Å². The molecule has 0 aliphatic rings. The lowest BCUT2D eigenvalue weighted by Gasteiger charge is -2.13. The Kier molecular flexibility index (Phi) is 2.73. The summed E-state index contributed by atoms with van der Waals surface area (Å²) in [5.74, 6) is -0.121. The summed E-state index contributed by atoms with van der Waals surface area (Å²) in [6, 6.07) is 4.84. The molecular formula is C16H14N2O3. The number of rotatable bonds is 1. The Balaban J connectivity index is 2.73. The molecule has 0 radical (unpaired) electrons. The highest BCUT2D eigenvalue weighted by Crippen LogP contribution is 2.34. The van der Waals surface area contributed by atoms with E-state index in [-0.39, 0.29) is 16.9 Å². The molecule has 0 saturated carbocycles. The summed E-state index contributed by atoms with van der Waals surface area (Å²) in [4.78, 5) is 26.3. The van der Waals surface area contributed by atoms with Crippen LogP contribution in [0.25, 0.3) is 28.0 Å². The van der Waals surface area contributed by atoms with E-state index in [4.69, 9.17) is 0 Å². The average Bonchev–Trinajstić information content (AvgIpc) is 2.41. The third-order valence-electron chi connectivity index (χ3n) is 3.72. The van der Waals surface area contributed by atoms with E-state index in [2.05, 4.69) is 11.6 Å². The summed E-state index contributed by atoms with van der Waals surface area (Å²) in [5, 5.41) is 12.0. The number of hydrogen-bond acceptors (Lipinski definition) is 3. The lowest BCUT2D eigenvalue weighted by Crippen LogP contribution is -2.16. The Morgan fingerprint density at radius 3 is 2.48 bits per heavy atom.